The van der Waals surface area contributed by atoms with Gasteiger partial charge in [0, 0.05) is 25.6 Å². The first-order chi connectivity index (χ1) is 13.5. The van der Waals surface area contributed by atoms with Crippen LogP contribution in [0.4, 0.5) is 0 Å². The zero-order chi connectivity index (χ0) is 20.0. The second kappa shape index (κ2) is 9.21. The summed E-state index contributed by atoms with van der Waals surface area (Å²) in [5.41, 5.74) is 0.810. The van der Waals surface area contributed by atoms with Crippen LogP contribution in [0, 0.1) is 0 Å². The lowest BCUT2D eigenvalue weighted by Crippen LogP contribution is -2.39. The molecule has 1 unspecified atom stereocenters. The molecule has 2 aromatic rings. The first-order valence-corrected chi connectivity index (χ1v) is 10.9. The molecule has 1 aliphatic rings. The van der Waals surface area contributed by atoms with Crippen LogP contribution in [0.5, 0.6) is 5.75 Å². The van der Waals surface area contributed by atoms with Crippen LogP contribution in [0.3, 0.4) is 0 Å². The normalized spacial score (nSPS) is 19.6. The van der Waals surface area contributed by atoms with Crippen molar-refractivity contribution in [1.29, 1.82) is 0 Å². The maximum atomic E-state index is 13.5. The van der Waals surface area contributed by atoms with E-state index in [1.165, 1.54) is 17.5 Å². The van der Waals surface area contributed by atoms with Crippen molar-refractivity contribution in [2.75, 3.05) is 20.2 Å². The van der Waals surface area contributed by atoms with Crippen molar-refractivity contribution in [3.63, 3.8) is 0 Å². The Labute approximate surface area is 166 Å². The minimum atomic E-state index is -3.81. The molecule has 1 saturated heterocycles. The fourth-order valence-electron chi connectivity index (χ4n) is 3.45. The lowest BCUT2D eigenvalue weighted by Gasteiger charge is -2.32. The van der Waals surface area contributed by atoms with E-state index in [1.807, 2.05) is 30.3 Å². The number of nitrogens with zero attached hydrogens (tertiary/aromatic N) is 1. The van der Waals surface area contributed by atoms with Crippen molar-refractivity contribution in [2.24, 2.45) is 0 Å². The fourth-order valence-corrected chi connectivity index (χ4v) is 5.13. The molecule has 1 N–H and O–H groups in total. The average Bonchev–Trinajstić information content (AvgIpc) is 2.72. The molecule has 0 aromatic heterocycles. The Morgan fingerprint density at radius 3 is 2.57 bits per heavy atom. The quantitative estimate of drug-likeness (QED) is 0.853. The molecule has 0 saturated carbocycles. The van der Waals surface area contributed by atoms with Gasteiger partial charge in [-0.1, -0.05) is 42.8 Å². The highest BCUT2D eigenvalue weighted by Crippen LogP contribution is 2.32. The highest BCUT2D eigenvalue weighted by atomic mass is 32.2. The molecule has 28 heavy (non-hydrogen) atoms. The van der Waals surface area contributed by atoms with E-state index in [1.54, 1.807) is 18.2 Å². The topological polar surface area (TPSA) is 75.7 Å². The van der Waals surface area contributed by atoms with Gasteiger partial charge < -0.3 is 10.1 Å². The average molecular weight is 403 g/mol. The molecule has 1 amide bonds. The van der Waals surface area contributed by atoms with E-state index in [2.05, 4.69) is 5.32 Å². The number of carbonyl (C=O) groups is 1. The van der Waals surface area contributed by atoms with Gasteiger partial charge in [0.25, 0.3) is 0 Å². The highest BCUT2D eigenvalue weighted by Gasteiger charge is 2.34. The van der Waals surface area contributed by atoms with Crippen molar-refractivity contribution in [3.05, 3.63) is 60.2 Å². The number of hydrogen-bond donors (Lipinski definition) is 1. The van der Waals surface area contributed by atoms with Crippen LogP contribution in [0.15, 0.2) is 59.5 Å². The van der Waals surface area contributed by atoms with Gasteiger partial charge in [0.05, 0.1) is 18.0 Å². The molecule has 1 fully saturated rings. The molecule has 7 heteroatoms. The summed E-state index contributed by atoms with van der Waals surface area (Å²) in [6.45, 7) is 0.995. The molecule has 2 aromatic carbocycles. The summed E-state index contributed by atoms with van der Waals surface area (Å²) >= 11 is 0. The van der Waals surface area contributed by atoms with Crippen LogP contribution >= 0.6 is 0 Å². The number of ether oxygens (including phenoxy) is 1. The van der Waals surface area contributed by atoms with E-state index < -0.39 is 16.1 Å². The molecular formula is C21H26N2O4S. The molecular weight excluding hydrogens is 376 g/mol. The second-order valence-corrected chi connectivity index (χ2v) is 8.73. The van der Waals surface area contributed by atoms with Crippen LogP contribution < -0.4 is 10.1 Å². The van der Waals surface area contributed by atoms with Crippen LogP contribution in [0.25, 0.3) is 0 Å². The third-order valence-corrected chi connectivity index (χ3v) is 6.84. The summed E-state index contributed by atoms with van der Waals surface area (Å²) in [5.74, 6) is 0.345. The maximum absolute atomic E-state index is 13.5. The Morgan fingerprint density at radius 1 is 1.04 bits per heavy atom. The Morgan fingerprint density at radius 2 is 1.82 bits per heavy atom. The Bertz CT molecular complexity index is 900. The van der Waals surface area contributed by atoms with E-state index in [9.17, 15) is 13.2 Å². The molecule has 0 aliphatic carbocycles. The van der Waals surface area contributed by atoms with Gasteiger partial charge in [-0.3, -0.25) is 4.79 Å². The van der Waals surface area contributed by atoms with Gasteiger partial charge in [-0.25, -0.2) is 8.42 Å². The van der Waals surface area contributed by atoms with Gasteiger partial charge in [0.15, 0.2) is 0 Å². The third kappa shape index (κ3) is 4.72. The van der Waals surface area contributed by atoms with E-state index in [0.717, 1.165) is 24.8 Å². The first-order valence-electron chi connectivity index (χ1n) is 9.50. The minimum Gasteiger partial charge on any atom is -0.497 e. The van der Waals surface area contributed by atoms with Gasteiger partial charge in [-0.2, -0.15) is 4.31 Å². The molecule has 3 rings (SSSR count). The summed E-state index contributed by atoms with van der Waals surface area (Å²) in [6.07, 6.45) is 2.52. The van der Waals surface area contributed by atoms with Crippen LogP contribution in [-0.4, -0.2) is 38.8 Å². The molecule has 0 bridgehead atoms. The number of carbonyl (C=O) groups excluding carboxylic acids is 1. The van der Waals surface area contributed by atoms with Crippen molar-refractivity contribution in [2.45, 2.75) is 36.6 Å². The lowest BCUT2D eigenvalue weighted by atomic mass is 10.0. The Balaban J connectivity index is 2.05. The molecule has 0 radical (unpaired) electrons. The molecule has 1 heterocycles. The molecule has 150 valence electrons. The van der Waals surface area contributed by atoms with Crippen molar-refractivity contribution in [3.8, 4) is 5.75 Å². The lowest BCUT2D eigenvalue weighted by molar-refractivity contribution is -0.122. The smallest absolute Gasteiger partial charge is 0.243 e. The standard InChI is InChI=1S/C21H26N2O4S/c1-27-18-11-8-12-19(15-18)28(25,26)23-14-7-3-6-13-22-21(24)16-20(23)17-9-4-2-5-10-17/h2,4-5,8-12,15,20H,3,6-7,13-14,16H2,1H3,(H,22,24). The molecule has 0 spiro atoms. The van der Waals surface area contributed by atoms with Gasteiger partial charge in [0.2, 0.25) is 15.9 Å². The maximum Gasteiger partial charge on any atom is 0.243 e. The van der Waals surface area contributed by atoms with Crippen LogP contribution in [0.2, 0.25) is 0 Å². The van der Waals surface area contributed by atoms with Crippen molar-refractivity contribution < 1.29 is 17.9 Å². The molecule has 1 aliphatic heterocycles. The summed E-state index contributed by atoms with van der Waals surface area (Å²) < 4.78 is 33.8. The summed E-state index contributed by atoms with van der Waals surface area (Å²) in [5, 5.41) is 2.90. The van der Waals surface area contributed by atoms with Crippen LogP contribution in [-0.2, 0) is 14.8 Å². The highest BCUT2D eigenvalue weighted by molar-refractivity contribution is 7.89. The van der Waals surface area contributed by atoms with E-state index in [4.69, 9.17) is 4.74 Å². The van der Waals surface area contributed by atoms with Crippen LogP contribution in [0.1, 0.15) is 37.3 Å². The van der Waals surface area contributed by atoms with E-state index in [-0.39, 0.29) is 17.2 Å². The molecule has 1 atom stereocenters. The fraction of sp³-hybridized carbons (Fsp3) is 0.381. The number of nitrogens with one attached hydrogen (secondary N) is 1. The number of sulfonamides is 1. The second-order valence-electron chi connectivity index (χ2n) is 6.84. The van der Waals surface area contributed by atoms with Gasteiger partial charge in [-0.05, 0) is 30.5 Å². The van der Waals surface area contributed by atoms with Gasteiger partial charge in [0.1, 0.15) is 5.75 Å². The van der Waals surface area contributed by atoms with Gasteiger partial charge >= 0.3 is 0 Å². The Kier molecular flexibility index (Phi) is 6.70. The minimum absolute atomic E-state index is 0.0905. The number of hydrogen-bond acceptors (Lipinski definition) is 4. The van der Waals surface area contributed by atoms with E-state index >= 15 is 0 Å². The predicted molar refractivity (Wildman–Crippen MR) is 108 cm³/mol. The summed E-state index contributed by atoms with van der Waals surface area (Å²) in [7, 11) is -2.30. The first kappa shape index (κ1) is 20.4. The van der Waals surface area contributed by atoms with Gasteiger partial charge in [-0.15, -0.1) is 0 Å². The third-order valence-electron chi connectivity index (χ3n) is 4.94. The predicted octanol–water partition coefficient (Wildman–Crippen LogP) is 3.12. The number of amides is 1. The van der Waals surface area contributed by atoms with E-state index in [0.29, 0.717) is 18.8 Å². The zero-order valence-electron chi connectivity index (χ0n) is 16.0. The number of rotatable bonds is 4. The zero-order valence-corrected chi connectivity index (χ0v) is 16.8. The summed E-state index contributed by atoms with van der Waals surface area (Å²) in [6, 6.07) is 15.3. The largest absolute Gasteiger partial charge is 0.497 e. The van der Waals surface area contributed by atoms with Crippen molar-refractivity contribution >= 4 is 15.9 Å². The number of methoxy groups -OCH3 is 1. The Hall–Kier alpha value is -2.38. The molecule has 6 nitrogen and oxygen atoms in total. The monoisotopic (exact) mass is 402 g/mol. The number of benzene rings is 2. The summed E-state index contributed by atoms with van der Waals surface area (Å²) in [4.78, 5) is 12.6. The van der Waals surface area contributed by atoms with Crippen molar-refractivity contribution in [1.82, 2.24) is 9.62 Å². The SMILES string of the molecule is COc1cccc(S(=O)(=O)N2CCCCCNC(=O)CC2c2ccccc2)c1.